The number of hydrogen-bond donors (Lipinski definition) is 0. The second-order valence-corrected chi connectivity index (χ2v) is 3.31. The lowest BCUT2D eigenvalue weighted by Gasteiger charge is -2.34. The Morgan fingerprint density at radius 1 is 1.55 bits per heavy atom. The Morgan fingerprint density at radius 3 is 2.09 bits per heavy atom. The molecule has 0 rings (SSSR count). The smallest absolute Gasteiger partial charge is 0.189 e. The van der Waals surface area contributed by atoms with E-state index in [-0.39, 0.29) is 6.04 Å². The molecular formula is C7H14F2NSi. The average Bonchev–Trinajstić information content (AvgIpc) is 1.88. The lowest BCUT2D eigenvalue weighted by molar-refractivity contribution is -0.0439. The Bertz CT molecular complexity index is 117. The van der Waals surface area contributed by atoms with E-state index in [2.05, 4.69) is 10.2 Å². The number of hydrogen-bond acceptors (Lipinski definition) is 1. The molecule has 11 heavy (non-hydrogen) atoms. The van der Waals surface area contributed by atoms with E-state index < -0.39 is 12.5 Å². The van der Waals surface area contributed by atoms with Gasteiger partial charge in [-0.15, -0.1) is 0 Å². The van der Waals surface area contributed by atoms with Gasteiger partial charge in [-0.25, -0.2) is 8.78 Å². The van der Waals surface area contributed by atoms with Crippen LogP contribution in [0.4, 0.5) is 8.78 Å². The van der Waals surface area contributed by atoms with Crippen LogP contribution in [0.3, 0.4) is 0 Å². The molecule has 1 nitrogen and oxygen atoms in total. The molecule has 0 aliphatic rings. The molecule has 0 bridgehead atoms. The Kier molecular flexibility index (Phi) is 4.17. The van der Waals surface area contributed by atoms with Gasteiger partial charge in [-0.05, 0) is 26.9 Å². The summed E-state index contributed by atoms with van der Waals surface area (Å²) in [6.07, 6.45) is 0.342. The monoisotopic (exact) mass is 178 g/mol. The first-order valence-electron chi connectivity index (χ1n) is 3.62. The van der Waals surface area contributed by atoms with E-state index in [4.69, 9.17) is 0 Å². The van der Waals surface area contributed by atoms with Gasteiger partial charge in [0.2, 0.25) is 0 Å². The van der Waals surface area contributed by atoms with Gasteiger partial charge in [0, 0.05) is 16.3 Å². The van der Waals surface area contributed by atoms with Gasteiger partial charge in [0.05, 0.1) is 0 Å². The molecule has 0 heterocycles. The van der Waals surface area contributed by atoms with E-state index in [1.807, 2.05) is 13.8 Å². The van der Waals surface area contributed by atoms with Gasteiger partial charge in [0.15, 0.2) is 5.79 Å². The Labute approximate surface area is 70.2 Å². The summed E-state index contributed by atoms with van der Waals surface area (Å²) < 4.78 is 25.4. The zero-order valence-corrected chi connectivity index (χ0v) is 8.19. The lowest BCUT2D eigenvalue weighted by atomic mass is 10.2. The molecule has 0 aliphatic carbocycles. The maximum atomic E-state index is 13.3. The van der Waals surface area contributed by atoms with Crippen molar-refractivity contribution in [2.75, 3.05) is 12.8 Å². The van der Waals surface area contributed by atoms with Crippen LogP contribution in [-0.4, -0.2) is 39.8 Å². The summed E-state index contributed by atoms with van der Waals surface area (Å²) in [5, 5.41) is 0. The minimum Gasteiger partial charge on any atom is -0.271 e. The molecule has 0 aliphatic heterocycles. The van der Waals surface area contributed by atoms with E-state index in [0.29, 0.717) is 6.17 Å². The number of halogens is 2. The van der Waals surface area contributed by atoms with Crippen molar-refractivity contribution < 1.29 is 8.78 Å². The van der Waals surface area contributed by atoms with Gasteiger partial charge >= 0.3 is 0 Å². The molecule has 0 aromatic rings. The molecular weight excluding hydrogens is 164 g/mol. The summed E-state index contributed by atoms with van der Waals surface area (Å²) in [4.78, 5) is 1.41. The second kappa shape index (κ2) is 4.16. The molecule has 0 N–H and O–H groups in total. The first kappa shape index (κ1) is 11.0. The van der Waals surface area contributed by atoms with Gasteiger partial charge in [-0.1, -0.05) is 0 Å². The lowest BCUT2D eigenvalue weighted by Crippen LogP contribution is -2.49. The fourth-order valence-electron chi connectivity index (χ4n) is 0.963. The second-order valence-electron chi connectivity index (χ2n) is 3.00. The van der Waals surface area contributed by atoms with Crippen LogP contribution in [0.15, 0.2) is 0 Å². The fraction of sp³-hybridized carbons (Fsp3) is 1.00. The van der Waals surface area contributed by atoms with E-state index in [9.17, 15) is 8.78 Å². The van der Waals surface area contributed by atoms with Crippen molar-refractivity contribution in [2.24, 2.45) is 0 Å². The van der Waals surface area contributed by atoms with Crippen molar-refractivity contribution >= 4 is 10.2 Å². The van der Waals surface area contributed by atoms with Gasteiger partial charge < -0.3 is 0 Å². The summed E-state index contributed by atoms with van der Waals surface area (Å²) in [6.45, 7) is 3.92. The third kappa shape index (κ3) is 2.87. The SMILES string of the molecule is CC(C)N(C[Si])C(C)(F)CF. The summed E-state index contributed by atoms with van der Waals surface area (Å²) in [6, 6.07) is -0.00162. The maximum Gasteiger partial charge on any atom is 0.189 e. The van der Waals surface area contributed by atoms with Crippen LogP contribution >= 0.6 is 0 Å². The molecule has 1 unspecified atom stereocenters. The number of alkyl halides is 2. The minimum absolute atomic E-state index is 0.00162. The molecule has 0 saturated heterocycles. The molecule has 1 atom stereocenters. The van der Waals surface area contributed by atoms with Gasteiger partial charge in [-0.3, -0.25) is 4.90 Å². The predicted molar refractivity (Wildman–Crippen MR) is 43.1 cm³/mol. The predicted octanol–water partition coefficient (Wildman–Crippen LogP) is 1.48. The molecule has 0 fully saturated rings. The van der Waals surface area contributed by atoms with Crippen molar-refractivity contribution in [1.29, 1.82) is 0 Å². The van der Waals surface area contributed by atoms with E-state index in [1.54, 1.807) is 0 Å². The van der Waals surface area contributed by atoms with Crippen molar-refractivity contribution in [3.8, 4) is 0 Å². The van der Waals surface area contributed by atoms with Crippen molar-refractivity contribution in [3.63, 3.8) is 0 Å². The largest absolute Gasteiger partial charge is 0.271 e. The first-order chi connectivity index (χ1) is 4.95. The third-order valence-corrected chi connectivity index (χ3v) is 1.98. The van der Waals surface area contributed by atoms with E-state index in [1.165, 1.54) is 11.8 Å². The highest BCUT2D eigenvalue weighted by Crippen LogP contribution is 2.19. The molecule has 0 saturated carbocycles. The number of nitrogens with zero attached hydrogens (tertiary/aromatic N) is 1. The Balaban J connectivity index is 4.23. The highest BCUT2D eigenvalue weighted by molar-refractivity contribution is 6.08. The Hall–Kier alpha value is 0.0369. The van der Waals surface area contributed by atoms with Gasteiger partial charge in [0.1, 0.15) is 6.67 Å². The zero-order chi connectivity index (χ0) is 9.07. The average molecular weight is 178 g/mol. The molecule has 0 amide bonds. The molecule has 0 aromatic heterocycles. The zero-order valence-electron chi connectivity index (χ0n) is 7.19. The molecule has 3 radical (unpaired) electrons. The van der Waals surface area contributed by atoms with Crippen LogP contribution in [0, 0.1) is 0 Å². The van der Waals surface area contributed by atoms with Crippen LogP contribution in [0.5, 0.6) is 0 Å². The van der Waals surface area contributed by atoms with Crippen molar-refractivity contribution in [2.45, 2.75) is 32.6 Å². The normalized spacial score (nSPS) is 17.5. The number of rotatable bonds is 4. The summed E-state index contributed by atoms with van der Waals surface area (Å²) in [5.74, 6) is -1.85. The van der Waals surface area contributed by atoms with Crippen LogP contribution in [-0.2, 0) is 0 Å². The first-order valence-corrected chi connectivity index (χ1v) is 4.32. The maximum absolute atomic E-state index is 13.3. The topological polar surface area (TPSA) is 3.24 Å². The standard InChI is InChI=1S/C7H14F2NSi/c1-6(2)10(5-11)7(3,9)4-8/h6H,4-5H2,1-3H3. The molecule has 0 aromatic carbocycles. The summed E-state index contributed by atoms with van der Waals surface area (Å²) in [7, 11) is 3.16. The Morgan fingerprint density at radius 2 is 2.00 bits per heavy atom. The highest BCUT2D eigenvalue weighted by Gasteiger charge is 2.31. The van der Waals surface area contributed by atoms with Crippen LogP contribution in [0.25, 0.3) is 0 Å². The molecule has 65 valence electrons. The van der Waals surface area contributed by atoms with Gasteiger partial charge in [0.25, 0.3) is 0 Å². The van der Waals surface area contributed by atoms with Crippen LogP contribution < -0.4 is 0 Å². The summed E-state index contributed by atoms with van der Waals surface area (Å²) >= 11 is 0. The van der Waals surface area contributed by atoms with E-state index in [0.717, 1.165) is 0 Å². The van der Waals surface area contributed by atoms with Crippen LogP contribution in [0.2, 0.25) is 0 Å². The van der Waals surface area contributed by atoms with E-state index >= 15 is 0 Å². The minimum atomic E-state index is -1.85. The summed E-state index contributed by atoms with van der Waals surface area (Å²) in [5.41, 5.74) is 0. The van der Waals surface area contributed by atoms with Crippen molar-refractivity contribution in [1.82, 2.24) is 4.90 Å². The highest BCUT2D eigenvalue weighted by atomic mass is 28.1. The van der Waals surface area contributed by atoms with Gasteiger partial charge in [-0.2, -0.15) is 0 Å². The van der Waals surface area contributed by atoms with Crippen LogP contribution in [0.1, 0.15) is 20.8 Å². The molecule has 4 heteroatoms. The van der Waals surface area contributed by atoms with Crippen molar-refractivity contribution in [3.05, 3.63) is 0 Å². The fourth-order valence-corrected chi connectivity index (χ4v) is 1.66. The third-order valence-electron chi connectivity index (χ3n) is 1.64. The molecule has 0 spiro atoms. The quantitative estimate of drug-likeness (QED) is 0.465.